The maximum absolute atomic E-state index is 3.25. The van der Waals surface area contributed by atoms with E-state index in [2.05, 4.69) is 24.2 Å². The fourth-order valence-corrected chi connectivity index (χ4v) is 2.22. The molecular weight excluding hydrogens is 148 g/mol. The van der Waals surface area contributed by atoms with Gasteiger partial charge in [0.2, 0.25) is 0 Å². The van der Waals surface area contributed by atoms with Crippen LogP contribution in [-0.2, 0) is 0 Å². The highest BCUT2D eigenvalue weighted by Crippen LogP contribution is 2.35. The predicted octanol–water partition coefficient (Wildman–Crippen LogP) is 1.33. The van der Waals surface area contributed by atoms with Crippen LogP contribution in [0.25, 0.3) is 0 Å². The monoisotopic (exact) mass is 170 g/mol. The van der Waals surface area contributed by atoms with Crippen LogP contribution in [0.5, 0.6) is 0 Å². The maximum Gasteiger partial charge on any atom is 0.00358 e. The highest BCUT2D eigenvalue weighted by Gasteiger charge is 2.33. The number of rotatable bonds is 4. The zero-order valence-electron chi connectivity index (χ0n) is 8.69. The zero-order chi connectivity index (χ0) is 9.03. The van der Waals surface area contributed by atoms with E-state index in [9.17, 15) is 0 Å². The smallest absolute Gasteiger partial charge is 0.00358 e. The molecule has 1 saturated heterocycles. The van der Waals surface area contributed by atoms with Crippen LogP contribution in [0.15, 0.2) is 0 Å². The quantitative estimate of drug-likeness (QED) is 0.684. The van der Waals surface area contributed by atoms with Crippen molar-refractivity contribution in [3.8, 4) is 0 Å². The minimum absolute atomic E-state index is 0.623. The molecular formula is C10H22N2. The number of nitrogens with one attached hydrogen (secondary N) is 1. The van der Waals surface area contributed by atoms with Crippen molar-refractivity contribution in [3.05, 3.63) is 0 Å². The molecule has 0 amide bonds. The normalized spacial score (nSPS) is 31.2. The Kier molecular flexibility index (Phi) is 3.53. The van der Waals surface area contributed by atoms with Crippen LogP contribution in [0.1, 0.15) is 26.2 Å². The van der Waals surface area contributed by atoms with Crippen molar-refractivity contribution in [2.45, 2.75) is 26.2 Å². The van der Waals surface area contributed by atoms with Crippen LogP contribution in [0.3, 0.4) is 0 Å². The van der Waals surface area contributed by atoms with Crippen LogP contribution in [-0.4, -0.2) is 38.6 Å². The Balaban J connectivity index is 2.41. The van der Waals surface area contributed by atoms with E-state index in [1.54, 1.807) is 0 Å². The van der Waals surface area contributed by atoms with Gasteiger partial charge in [-0.15, -0.1) is 0 Å². The second-order valence-electron chi connectivity index (χ2n) is 4.19. The molecule has 12 heavy (non-hydrogen) atoms. The molecule has 0 aromatic rings. The molecule has 1 atom stereocenters. The molecule has 0 saturated carbocycles. The molecule has 1 rings (SSSR count). The van der Waals surface area contributed by atoms with Crippen LogP contribution >= 0.6 is 0 Å². The molecule has 0 aliphatic carbocycles. The van der Waals surface area contributed by atoms with E-state index < -0.39 is 0 Å². The molecule has 1 N–H and O–H groups in total. The van der Waals surface area contributed by atoms with E-state index in [0.717, 1.165) is 0 Å². The Hall–Kier alpha value is -0.0800. The summed E-state index contributed by atoms with van der Waals surface area (Å²) in [5.41, 5.74) is 0.623. The fraction of sp³-hybridized carbons (Fsp3) is 1.00. The van der Waals surface area contributed by atoms with E-state index >= 15 is 0 Å². The maximum atomic E-state index is 3.25. The first kappa shape index (κ1) is 10.0. The van der Waals surface area contributed by atoms with E-state index in [4.69, 9.17) is 0 Å². The van der Waals surface area contributed by atoms with E-state index in [0.29, 0.717) is 5.41 Å². The van der Waals surface area contributed by atoms with Crippen LogP contribution in [0.2, 0.25) is 0 Å². The Morgan fingerprint density at radius 2 is 2.25 bits per heavy atom. The summed E-state index contributed by atoms with van der Waals surface area (Å²) in [4.78, 5) is 2.46. The van der Waals surface area contributed by atoms with Gasteiger partial charge in [-0.1, -0.05) is 6.92 Å². The average molecular weight is 170 g/mol. The largest absolute Gasteiger partial charge is 0.320 e. The first-order valence-corrected chi connectivity index (χ1v) is 5.05. The van der Waals surface area contributed by atoms with Gasteiger partial charge in [0.15, 0.2) is 0 Å². The van der Waals surface area contributed by atoms with E-state index in [1.165, 1.54) is 38.9 Å². The molecule has 72 valence electrons. The van der Waals surface area contributed by atoms with Crippen LogP contribution in [0, 0.1) is 5.41 Å². The summed E-state index contributed by atoms with van der Waals surface area (Å²) in [5.74, 6) is 0. The van der Waals surface area contributed by atoms with E-state index in [1.807, 2.05) is 7.05 Å². The van der Waals surface area contributed by atoms with Crippen molar-refractivity contribution in [3.63, 3.8) is 0 Å². The van der Waals surface area contributed by atoms with Crippen molar-refractivity contribution < 1.29 is 0 Å². The minimum atomic E-state index is 0.623. The molecule has 1 fully saturated rings. The number of hydrogen-bond acceptors (Lipinski definition) is 2. The minimum Gasteiger partial charge on any atom is -0.320 e. The molecule has 0 spiro atoms. The summed E-state index contributed by atoms with van der Waals surface area (Å²) in [6, 6.07) is 0. The molecule has 0 aromatic carbocycles. The van der Waals surface area contributed by atoms with Gasteiger partial charge in [0.05, 0.1) is 0 Å². The summed E-state index contributed by atoms with van der Waals surface area (Å²) in [5, 5.41) is 3.25. The Morgan fingerprint density at radius 3 is 2.67 bits per heavy atom. The van der Waals surface area contributed by atoms with Gasteiger partial charge in [-0.05, 0) is 51.9 Å². The molecule has 0 aromatic heterocycles. The summed E-state index contributed by atoms with van der Waals surface area (Å²) < 4.78 is 0. The number of nitrogens with zero attached hydrogens (tertiary/aromatic N) is 1. The summed E-state index contributed by atoms with van der Waals surface area (Å²) in [7, 11) is 4.28. The van der Waals surface area contributed by atoms with Gasteiger partial charge >= 0.3 is 0 Å². The van der Waals surface area contributed by atoms with E-state index in [-0.39, 0.29) is 0 Å². The van der Waals surface area contributed by atoms with Crippen LogP contribution in [0.4, 0.5) is 0 Å². The van der Waals surface area contributed by atoms with Crippen molar-refractivity contribution in [2.24, 2.45) is 5.41 Å². The van der Waals surface area contributed by atoms with Gasteiger partial charge in [-0.25, -0.2) is 0 Å². The van der Waals surface area contributed by atoms with Gasteiger partial charge in [-0.2, -0.15) is 0 Å². The predicted molar refractivity (Wildman–Crippen MR) is 53.4 cm³/mol. The lowest BCUT2D eigenvalue weighted by Gasteiger charge is -2.27. The lowest BCUT2D eigenvalue weighted by molar-refractivity contribution is 0.250. The molecule has 2 nitrogen and oxygen atoms in total. The van der Waals surface area contributed by atoms with Crippen molar-refractivity contribution in [1.29, 1.82) is 0 Å². The SMILES string of the molecule is CCC1(CCNC)CCN(C)C1. The van der Waals surface area contributed by atoms with Crippen molar-refractivity contribution in [2.75, 3.05) is 33.7 Å². The highest BCUT2D eigenvalue weighted by molar-refractivity contribution is 4.87. The lowest BCUT2D eigenvalue weighted by Crippen LogP contribution is -2.28. The molecule has 0 radical (unpaired) electrons. The molecule has 2 heteroatoms. The van der Waals surface area contributed by atoms with Gasteiger partial charge in [0, 0.05) is 6.54 Å². The molecule has 1 heterocycles. The molecule has 1 unspecified atom stereocenters. The van der Waals surface area contributed by atoms with Gasteiger partial charge in [0.25, 0.3) is 0 Å². The Bertz CT molecular complexity index is 136. The fourth-order valence-electron chi connectivity index (χ4n) is 2.22. The second kappa shape index (κ2) is 4.24. The topological polar surface area (TPSA) is 15.3 Å². The summed E-state index contributed by atoms with van der Waals surface area (Å²) in [6.45, 7) is 6.08. The average Bonchev–Trinajstić information content (AvgIpc) is 2.45. The van der Waals surface area contributed by atoms with Crippen LogP contribution < -0.4 is 5.32 Å². The lowest BCUT2D eigenvalue weighted by atomic mass is 9.81. The second-order valence-corrected chi connectivity index (χ2v) is 4.19. The van der Waals surface area contributed by atoms with Crippen molar-refractivity contribution >= 4 is 0 Å². The Labute approximate surface area is 76.3 Å². The van der Waals surface area contributed by atoms with Gasteiger partial charge in [-0.3, -0.25) is 0 Å². The molecule has 1 aliphatic rings. The Morgan fingerprint density at radius 1 is 1.50 bits per heavy atom. The standard InChI is InChI=1S/C10H22N2/c1-4-10(5-7-11-2)6-8-12(3)9-10/h11H,4-9H2,1-3H3. The third kappa shape index (κ3) is 2.20. The van der Waals surface area contributed by atoms with Gasteiger partial charge < -0.3 is 10.2 Å². The number of likely N-dealkylation sites (tertiary alicyclic amines) is 1. The first-order valence-electron chi connectivity index (χ1n) is 5.05. The third-order valence-corrected chi connectivity index (χ3v) is 3.28. The van der Waals surface area contributed by atoms with Gasteiger partial charge in [0.1, 0.15) is 0 Å². The molecule has 0 bridgehead atoms. The summed E-state index contributed by atoms with van der Waals surface area (Å²) >= 11 is 0. The highest BCUT2D eigenvalue weighted by atomic mass is 15.1. The zero-order valence-corrected chi connectivity index (χ0v) is 8.69. The number of hydrogen-bond donors (Lipinski definition) is 1. The first-order chi connectivity index (χ1) is 5.72. The molecule has 1 aliphatic heterocycles. The third-order valence-electron chi connectivity index (χ3n) is 3.28. The van der Waals surface area contributed by atoms with Crippen molar-refractivity contribution in [1.82, 2.24) is 10.2 Å². The summed E-state index contributed by atoms with van der Waals surface area (Å²) in [6.07, 6.45) is 4.06.